The van der Waals surface area contributed by atoms with Gasteiger partial charge in [-0.15, -0.1) is 0 Å². The van der Waals surface area contributed by atoms with Crippen molar-refractivity contribution in [1.29, 1.82) is 0 Å². The molecule has 10 nitrogen and oxygen atoms in total. The number of hydrogen-bond acceptors (Lipinski definition) is 9. The van der Waals surface area contributed by atoms with Crippen molar-refractivity contribution in [2.45, 2.75) is 33.4 Å². The summed E-state index contributed by atoms with van der Waals surface area (Å²) in [5.74, 6) is 1.49. The van der Waals surface area contributed by atoms with Crippen molar-refractivity contribution in [2.24, 2.45) is 0 Å². The highest BCUT2D eigenvalue weighted by Gasteiger charge is 2.15. The fourth-order valence-electron chi connectivity index (χ4n) is 3.43. The van der Waals surface area contributed by atoms with Gasteiger partial charge >= 0.3 is 0 Å². The summed E-state index contributed by atoms with van der Waals surface area (Å²) in [5, 5.41) is 5.57. The van der Waals surface area contributed by atoms with E-state index < -0.39 is 0 Å². The van der Waals surface area contributed by atoms with Crippen LogP contribution in [0.15, 0.2) is 27.8 Å². The van der Waals surface area contributed by atoms with Crippen LogP contribution in [-0.4, -0.2) is 50.2 Å². The molecule has 4 rings (SSSR count). The zero-order valence-electron chi connectivity index (χ0n) is 18.3. The van der Waals surface area contributed by atoms with Gasteiger partial charge in [0.15, 0.2) is 11.5 Å². The van der Waals surface area contributed by atoms with Gasteiger partial charge in [0.05, 0.1) is 37.4 Å². The normalized spacial score (nSPS) is 11.5. The van der Waals surface area contributed by atoms with E-state index in [0.29, 0.717) is 58.5 Å². The number of aromatic amines is 1. The van der Waals surface area contributed by atoms with E-state index in [1.54, 1.807) is 12.1 Å². The highest BCUT2D eigenvalue weighted by molar-refractivity contribution is 7.16. The van der Waals surface area contributed by atoms with Crippen LogP contribution in [-0.2, 0) is 19.5 Å². The average Bonchev–Trinajstić information content (AvgIpc) is 3.21. The first-order valence-electron chi connectivity index (χ1n) is 10.2. The molecule has 1 N–H and O–H groups in total. The number of hydrogen-bond donors (Lipinski definition) is 1. The second-order valence-electron chi connectivity index (χ2n) is 7.17. The second kappa shape index (κ2) is 9.05. The van der Waals surface area contributed by atoms with Crippen molar-refractivity contribution in [2.75, 3.05) is 20.8 Å². The Morgan fingerprint density at radius 1 is 1.06 bits per heavy atom. The molecule has 4 aromatic rings. The molecule has 0 unspecified atom stereocenters. The first-order valence-corrected chi connectivity index (χ1v) is 11.0. The van der Waals surface area contributed by atoms with Gasteiger partial charge in [0.1, 0.15) is 10.8 Å². The van der Waals surface area contributed by atoms with Crippen molar-refractivity contribution in [3.8, 4) is 11.5 Å². The fraction of sp³-hybridized carbons (Fsp3) is 0.381. The molecular weight excluding hydrogens is 432 g/mol. The van der Waals surface area contributed by atoms with Crippen LogP contribution < -0.4 is 20.6 Å². The van der Waals surface area contributed by atoms with Crippen LogP contribution in [0.3, 0.4) is 0 Å². The third-order valence-corrected chi connectivity index (χ3v) is 6.16. The SMILES string of the molecule is CCc1nn2c(=O)cc(CN(CC)Cc3nc4cc(OC)c(OC)cc4c(=O)[nH]3)nc2s1. The van der Waals surface area contributed by atoms with Crippen molar-refractivity contribution in [1.82, 2.24) is 29.5 Å². The minimum absolute atomic E-state index is 0.199. The van der Waals surface area contributed by atoms with Crippen LogP contribution in [0.1, 0.15) is 30.4 Å². The van der Waals surface area contributed by atoms with Gasteiger partial charge < -0.3 is 14.5 Å². The zero-order valence-corrected chi connectivity index (χ0v) is 19.2. The molecule has 168 valence electrons. The van der Waals surface area contributed by atoms with Crippen LogP contribution in [0.5, 0.6) is 11.5 Å². The van der Waals surface area contributed by atoms with Crippen LogP contribution >= 0.6 is 11.3 Å². The Bertz CT molecular complexity index is 1390. The quantitative estimate of drug-likeness (QED) is 0.428. The Morgan fingerprint density at radius 2 is 1.81 bits per heavy atom. The van der Waals surface area contributed by atoms with Gasteiger partial charge in [0, 0.05) is 18.7 Å². The molecule has 0 fully saturated rings. The van der Waals surface area contributed by atoms with Crippen molar-refractivity contribution in [3.63, 3.8) is 0 Å². The van der Waals surface area contributed by atoms with Crippen LogP contribution in [0.25, 0.3) is 15.9 Å². The molecule has 3 heterocycles. The molecule has 0 aliphatic rings. The highest BCUT2D eigenvalue weighted by atomic mass is 32.1. The minimum atomic E-state index is -0.253. The molecular formula is C21H24N6O4S. The highest BCUT2D eigenvalue weighted by Crippen LogP contribution is 2.30. The van der Waals surface area contributed by atoms with Gasteiger partial charge in [0.25, 0.3) is 11.1 Å². The number of aryl methyl sites for hydroxylation is 1. The molecule has 0 atom stereocenters. The molecule has 0 radical (unpaired) electrons. The van der Waals surface area contributed by atoms with E-state index in [-0.39, 0.29) is 11.1 Å². The summed E-state index contributed by atoms with van der Waals surface area (Å²) >= 11 is 1.41. The molecule has 1 aromatic carbocycles. The van der Waals surface area contributed by atoms with Gasteiger partial charge in [-0.05, 0) is 19.0 Å². The Kier molecular flexibility index (Phi) is 6.19. The third kappa shape index (κ3) is 4.21. The maximum absolute atomic E-state index is 12.6. The van der Waals surface area contributed by atoms with Gasteiger partial charge in [-0.25, -0.2) is 9.97 Å². The largest absolute Gasteiger partial charge is 0.493 e. The molecule has 0 saturated carbocycles. The van der Waals surface area contributed by atoms with E-state index >= 15 is 0 Å². The van der Waals surface area contributed by atoms with E-state index in [1.807, 2.05) is 18.7 Å². The summed E-state index contributed by atoms with van der Waals surface area (Å²) in [6, 6.07) is 4.81. The fourth-order valence-corrected chi connectivity index (χ4v) is 4.29. The number of methoxy groups -OCH3 is 2. The number of rotatable bonds is 8. The Morgan fingerprint density at radius 3 is 2.50 bits per heavy atom. The molecule has 0 aliphatic heterocycles. The van der Waals surface area contributed by atoms with Crippen molar-refractivity contribution < 1.29 is 9.47 Å². The lowest BCUT2D eigenvalue weighted by Gasteiger charge is -2.19. The smallest absolute Gasteiger partial charge is 0.275 e. The van der Waals surface area contributed by atoms with E-state index in [9.17, 15) is 9.59 Å². The first kappa shape index (κ1) is 21.9. The first-order chi connectivity index (χ1) is 15.4. The lowest BCUT2D eigenvalue weighted by molar-refractivity contribution is 0.261. The molecule has 0 spiro atoms. The Balaban J connectivity index is 1.63. The zero-order chi connectivity index (χ0) is 22.8. The topological polar surface area (TPSA) is 115 Å². The summed E-state index contributed by atoms with van der Waals surface area (Å²) in [5.41, 5.74) is 0.719. The lowest BCUT2D eigenvalue weighted by atomic mass is 10.2. The Hall–Kier alpha value is -3.31. The van der Waals surface area contributed by atoms with Gasteiger partial charge in [-0.2, -0.15) is 9.61 Å². The molecule has 11 heteroatoms. The van der Waals surface area contributed by atoms with Crippen LogP contribution in [0.4, 0.5) is 0 Å². The van der Waals surface area contributed by atoms with Crippen LogP contribution in [0.2, 0.25) is 0 Å². The number of aromatic nitrogens is 5. The monoisotopic (exact) mass is 456 g/mol. The van der Waals surface area contributed by atoms with Crippen molar-refractivity contribution in [3.05, 3.63) is 55.4 Å². The van der Waals surface area contributed by atoms with Gasteiger partial charge in [0.2, 0.25) is 4.96 Å². The number of ether oxygens (including phenoxy) is 2. The Labute approximate surface area is 187 Å². The maximum Gasteiger partial charge on any atom is 0.275 e. The molecule has 32 heavy (non-hydrogen) atoms. The van der Waals surface area contributed by atoms with E-state index in [1.165, 1.54) is 36.1 Å². The van der Waals surface area contributed by atoms with E-state index in [4.69, 9.17) is 9.47 Å². The summed E-state index contributed by atoms with van der Waals surface area (Å²) in [6.07, 6.45) is 0.752. The summed E-state index contributed by atoms with van der Waals surface area (Å²) in [6.45, 7) is 5.50. The van der Waals surface area contributed by atoms with E-state index in [0.717, 1.165) is 11.4 Å². The lowest BCUT2D eigenvalue weighted by Crippen LogP contribution is -2.27. The molecule has 0 aliphatic carbocycles. The number of fused-ring (bicyclic) bond motifs is 2. The molecule has 3 aromatic heterocycles. The van der Waals surface area contributed by atoms with Gasteiger partial charge in [-0.1, -0.05) is 25.2 Å². The summed E-state index contributed by atoms with van der Waals surface area (Å²) in [4.78, 5) is 39.7. The number of H-pyrrole nitrogens is 1. The molecule has 0 bridgehead atoms. The van der Waals surface area contributed by atoms with Crippen molar-refractivity contribution >= 4 is 27.2 Å². The number of benzene rings is 1. The average molecular weight is 457 g/mol. The van der Waals surface area contributed by atoms with E-state index in [2.05, 4.69) is 20.1 Å². The number of nitrogens with one attached hydrogen (secondary N) is 1. The maximum atomic E-state index is 12.6. The molecule has 0 amide bonds. The second-order valence-corrected chi connectivity index (χ2v) is 8.21. The summed E-state index contributed by atoms with van der Waals surface area (Å²) < 4.78 is 11.9. The predicted molar refractivity (Wildman–Crippen MR) is 122 cm³/mol. The van der Waals surface area contributed by atoms with Gasteiger partial charge in [-0.3, -0.25) is 14.5 Å². The number of nitrogens with zero attached hydrogens (tertiary/aromatic N) is 5. The minimum Gasteiger partial charge on any atom is -0.493 e. The predicted octanol–water partition coefficient (Wildman–Crippen LogP) is 1.99. The summed E-state index contributed by atoms with van der Waals surface area (Å²) in [7, 11) is 3.06. The molecule has 0 saturated heterocycles. The standard InChI is InChI=1S/C21H24N6O4S/c1-5-18-25-27-19(28)7-12(22-21(27)32-18)10-26(6-2)11-17-23-14-9-16(31-4)15(30-3)8-13(14)20(29)24-17/h7-9H,5-6,10-11H2,1-4H3,(H,23,24,29). The van der Waals surface area contributed by atoms with Crippen LogP contribution in [0, 0.1) is 0 Å². The third-order valence-electron chi connectivity index (χ3n) is 5.11.